The summed E-state index contributed by atoms with van der Waals surface area (Å²) in [6.45, 7) is 0. The van der Waals surface area contributed by atoms with Gasteiger partial charge in [-0.15, -0.1) is 0 Å². The third kappa shape index (κ3) is 148. The van der Waals surface area contributed by atoms with E-state index in [1.54, 1.807) is 0 Å². The van der Waals surface area contributed by atoms with Gasteiger partial charge in [0.1, 0.15) is 0 Å². The molecule has 0 aromatic carbocycles. The van der Waals surface area contributed by atoms with Crippen LogP contribution in [0.4, 0.5) is 0 Å². The predicted octanol–water partition coefficient (Wildman–Crippen LogP) is 0.593. The first kappa shape index (κ1) is 15.7. The normalized spacial score (nSPS) is 4.86. The van der Waals surface area contributed by atoms with E-state index >= 15 is 0 Å². The molecule has 0 saturated carbocycles. The Labute approximate surface area is 59.1 Å². The molecular formula is C2H8Cl2O2Ru. The molecule has 0 fully saturated rings. The van der Waals surface area contributed by atoms with Crippen LogP contribution in [0.1, 0.15) is 0 Å². The van der Waals surface area contributed by atoms with Crippen LogP contribution in [-0.4, -0.2) is 24.4 Å². The maximum absolute atomic E-state index is 7.00. The topological polar surface area (TPSA) is 40.5 Å². The van der Waals surface area contributed by atoms with Gasteiger partial charge in [0, 0.05) is 14.2 Å². The molecule has 5 heteroatoms. The first-order chi connectivity index (χ1) is 3.41. The van der Waals surface area contributed by atoms with Crippen LogP contribution in [-0.2, 0) is 15.1 Å². The fraction of sp³-hybridized carbons (Fsp3) is 1.00. The van der Waals surface area contributed by atoms with E-state index in [2.05, 4.69) is 0 Å². The SMILES string of the molecule is CO.CO.[Cl][Ru][Cl]. The molecule has 0 saturated heterocycles. The molecule has 0 atom stereocenters. The van der Waals surface area contributed by atoms with Crippen LogP contribution in [0.2, 0.25) is 0 Å². The summed E-state index contributed by atoms with van der Waals surface area (Å²) in [4.78, 5) is 0. The molecule has 7 heavy (non-hydrogen) atoms. The van der Waals surface area contributed by atoms with Gasteiger partial charge in [-0.25, -0.2) is 0 Å². The van der Waals surface area contributed by atoms with Crippen LogP contribution < -0.4 is 0 Å². The van der Waals surface area contributed by atoms with Crippen molar-refractivity contribution in [3.63, 3.8) is 0 Å². The average molecular weight is 236 g/mol. The van der Waals surface area contributed by atoms with E-state index in [9.17, 15) is 0 Å². The minimum absolute atomic E-state index is 0.346. The third-order valence-electron chi connectivity index (χ3n) is 0. The summed E-state index contributed by atoms with van der Waals surface area (Å²) >= 11 is -0.346. The van der Waals surface area contributed by atoms with Crippen molar-refractivity contribution in [3.8, 4) is 0 Å². The molecule has 0 rings (SSSR count). The molecule has 0 radical (unpaired) electrons. The molecule has 0 bridgehead atoms. The van der Waals surface area contributed by atoms with Crippen LogP contribution in [0.15, 0.2) is 0 Å². The summed E-state index contributed by atoms with van der Waals surface area (Å²) in [5, 5.41) is 14.0. The molecule has 0 spiro atoms. The van der Waals surface area contributed by atoms with Crippen LogP contribution in [0.5, 0.6) is 0 Å². The molecule has 0 unspecified atom stereocenters. The number of aliphatic hydroxyl groups is 2. The molecule has 50 valence electrons. The molecular weight excluding hydrogens is 228 g/mol. The van der Waals surface area contributed by atoms with E-state index in [1.165, 1.54) is 0 Å². The first-order valence-corrected chi connectivity index (χ1v) is 5.64. The Morgan fingerprint density at radius 1 is 1.00 bits per heavy atom. The second-order valence-electron chi connectivity index (χ2n) is 0.0505. The zero-order valence-electron chi connectivity index (χ0n) is 4.00. The van der Waals surface area contributed by atoms with Gasteiger partial charge in [0.15, 0.2) is 0 Å². The molecule has 0 aliphatic heterocycles. The summed E-state index contributed by atoms with van der Waals surface area (Å²) in [5.74, 6) is 0. The van der Waals surface area contributed by atoms with Crippen molar-refractivity contribution in [3.05, 3.63) is 0 Å². The van der Waals surface area contributed by atoms with E-state index in [-0.39, 0.29) is 15.1 Å². The quantitative estimate of drug-likeness (QED) is 0.604. The molecule has 0 aromatic rings. The number of hydrogen-bond donors (Lipinski definition) is 2. The monoisotopic (exact) mass is 236 g/mol. The summed E-state index contributed by atoms with van der Waals surface area (Å²) in [7, 11) is 11.7. The number of rotatable bonds is 0. The van der Waals surface area contributed by atoms with E-state index in [0.717, 1.165) is 14.2 Å². The molecule has 0 amide bonds. The van der Waals surface area contributed by atoms with Gasteiger partial charge in [0.2, 0.25) is 0 Å². The van der Waals surface area contributed by atoms with E-state index in [0.29, 0.717) is 0 Å². The zero-order chi connectivity index (χ0) is 6.71. The van der Waals surface area contributed by atoms with Gasteiger partial charge < -0.3 is 10.2 Å². The van der Waals surface area contributed by atoms with Crippen molar-refractivity contribution >= 4 is 19.4 Å². The van der Waals surface area contributed by atoms with Crippen molar-refractivity contribution in [1.29, 1.82) is 0 Å². The van der Waals surface area contributed by atoms with Crippen molar-refractivity contribution < 1.29 is 25.4 Å². The molecule has 0 aliphatic rings. The van der Waals surface area contributed by atoms with Gasteiger partial charge >= 0.3 is 34.5 Å². The van der Waals surface area contributed by atoms with Gasteiger partial charge in [0.25, 0.3) is 0 Å². The molecule has 0 heterocycles. The molecule has 2 nitrogen and oxygen atoms in total. The van der Waals surface area contributed by atoms with Gasteiger partial charge in [-0.2, -0.15) is 0 Å². The van der Waals surface area contributed by atoms with Crippen LogP contribution in [0.3, 0.4) is 0 Å². The van der Waals surface area contributed by atoms with E-state index in [1.807, 2.05) is 0 Å². The Hall–Kier alpha value is 1.12. The zero-order valence-corrected chi connectivity index (χ0v) is 7.25. The predicted molar refractivity (Wildman–Crippen MR) is 28.0 cm³/mol. The fourth-order valence-electron chi connectivity index (χ4n) is 0. The number of halogens is 2. The van der Waals surface area contributed by atoms with Crippen molar-refractivity contribution in [2.24, 2.45) is 0 Å². The van der Waals surface area contributed by atoms with Crippen molar-refractivity contribution in [1.82, 2.24) is 0 Å². The Bertz CT molecular complexity index is 13.7. The van der Waals surface area contributed by atoms with E-state index < -0.39 is 0 Å². The Kier molecular flexibility index (Phi) is 133. The minimum atomic E-state index is -0.346. The summed E-state index contributed by atoms with van der Waals surface area (Å²) in [5.41, 5.74) is 0. The number of aliphatic hydroxyl groups excluding tert-OH is 2. The summed E-state index contributed by atoms with van der Waals surface area (Å²) in [6, 6.07) is 0. The average Bonchev–Trinajstić information content (AvgIpc) is 1.78. The molecule has 2 N–H and O–H groups in total. The fourth-order valence-corrected chi connectivity index (χ4v) is 0. The summed E-state index contributed by atoms with van der Waals surface area (Å²) in [6.07, 6.45) is 0. The maximum atomic E-state index is 7.00. The van der Waals surface area contributed by atoms with Gasteiger partial charge in [-0.05, 0) is 0 Å². The van der Waals surface area contributed by atoms with Crippen LogP contribution in [0.25, 0.3) is 0 Å². The van der Waals surface area contributed by atoms with Crippen molar-refractivity contribution in [2.45, 2.75) is 0 Å². The van der Waals surface area contributed by atoms with Crippen molar-refractivity contribution in [2.75, 3.05) is 14.2 Å². The second kappa shape index (κ2) is 59.2. The van der Waals surface area contributed by atoms with Gasteiger partial charge in [0.05, 0.1) is 0 Å². The van der Waals surface area contributed by atoms with Crippen LogP contribution >= 0.6 is 19.4 Å². The second-order valence-corrected chi connectivity index (χ2v) is 2.69. The third-order valence-corrected chi connectivity index (χ3v) is 0. The Morgan fingerprint density at radius 2 is 1.00 bits per heavy atom. The van der Waals surface area contributed by atoms with Crippen LogP contribution in [0, 0.1) is 0 Å². The number of hydrogen-bond acceptors (Lipinski definition) is 2. The molecule has 0 aromatic heterocycles. The molecule has 0 aliphatic carbocycles. The van der Waals surface area contributed by atoms with E-state index in [4.69, 9.17) is 29.6 Å². The Balaban J connectivity index is -0.0000000360. The van der Waals surface area contributed by atoms with Gasteiger partial charge in [-0.3, -0.25) is 0 Å². The van der Waals surface area contributed by atoms with Gasteiger partial charge in [-0.1, -0.05) is 0 Å². The summed E-state index contributed by atoms with van der Waals surface area (Å²) < 4.78 is 0. The Morgan fingerprint density at radius 3 is 1.00 bits per heavy atom. The standard InChI is InChI=1S/2CH4O.2ClH.Ru/c2*1-2;;;/h2*2H,1H3;2*1H;/q;;;;+2/p-2. The first-order valence-electron chi connectivity index (χ1n) is 1.16.